The van der Waals surface area contributed by atoms with E-state index in [0.717, 1.165) is 12.1 Å². The van der Waals surface area contributed by atoms with Gasteiger partial charge in [-0.1, -0.05) is 17.7 Å². The van der Waals surface area contributed by atoms with Crippen molar-refractivity contribution < 1.29 is 9.53 Å². The van der Waals surface area contributed by atoms with Gasteiger partial charge in [-0.25, -0.2) is 4.79 Å². The largest absolute Gasteiger partial charge is 0.444 e. The van der Waals surface area contributed by atoms with Gasteiger partial charge in [0.15, 0.2) is 0 Å². The van der Waals surface area contributed by atoms with Crippen molar-refractivity contribution in [3.63, 3.8) is 0 Å². The molecule has 0 aromatic heterocycles. The Hall–Kier alpha value is -1.62. The zero-order valence-corrected chi connectivity index (χ0v) is 13.4. The smallest absolute Gasteiger partial charge is 0.410 e. The summed E-state index contributed by atoms with van der Waals surface area (Å²) in [6, 6.07) is 5.53. The van der Waals surface area contributed by atoms with E-state index in [1.165, 1.54) is 0 Å². The number of benzene rings is 1. The summed E-state index contributed by atoms with van der Waals surface area (Å²) in [5.74, 6) is 0. The molecule has 1 aromatic rings. The average molecular weight is 312 g/mol. The molecule has 0 radical (unpaired) electrons. The van der Waals surface area contributed by atoms with Crippen molar-refractivity contribution in [1.82, 2.24) is 4.90 Å². The highest BCUT2D eigenvalue weighted by Gasteiger charge is 2.30. The molecule has 5 nitrogen and oxygen atoms in total. The van der Waals surface area contributed by atoms with Crippen molar-refractivity contribution in [2.24, 2.45) is 0 Å². The molecule has 1 aliphatic rings. The number of carbonyl (C=O) groups excluding carboxylic acids is 1. The first-order valence-electron chi connectivity index (χ1n) is 7.05. The number of rotatable bonds is 2. The van der Waals surface area contributed by atoms with Gasteiger partial charge in [0.05, 0.1) is 16.4 Å². The van der Waals surface area contributed by atoms with Crippen molar-refractivity contribution in [3.05, 3.63) is 23.2 Å². The van der Waals surface area contributed by atoms with Crippen molar-refractivity contribution >= 4 is 29.1 Å². The van der Waals surface area contributed by atoms with Gasteiger partial charge < -0.3 is 20.7 Å². The van der Waals surface area contributed by atoms with Crippen LogP contribution >= 0.6 is 11.6 Å². The predicted octanol–water partition coefficient (Wildman–Crippen LogP) is 3.34. The molecule has 0 spiro atoms. The third-order valence-corrected chi connectivity index (χ3v) is 3.55. The molecule has 1 heterocycles. The fourth-order valence-electron chi connectivity index (χ4n) is 2.27. The van der Waals surface area contributed by atoms with Crippen LogP contribution in [0, 0.1) is 0 Å². The highest BCUT2D eigenvalue weighted by atomic mass is 35.5. The molecule has 1 aromatic carbocycles. The van der Waals surface area contributed by atoms with Crippen LogP contribution < -0.4 is 11.1 Å². The normalized spacial score (nSPS) is 18.7. The Kier molecular flexibility index (Phi) is 4.52. The van der Waals surface area contributed by atoms with E-state index >= 15 is 0 Å². The highest BCUT2D eigenvalue weighted by molar-refractivity contribution is 6.33. The molecule has 1 fully saturated rings. The van der Waals surface area contributed by atoms with Crippen LogP contribution in [0.25, 0.3) is 0 Å². The van der Waals surface area contributed by atoms with E-state index in [9.17, 15) is 4.79 Å². The number of nitrogens with one attached hydrogen (secondary N) is 1. The highest BCUT2D eigenvalue weighted by Crippen LogP contribution is 2.30. The first kappa shape index (κ1) is 15.8. The molecule has 21 heavy (non-hydrogen) atoms. The monoisotopic (exact) mass is 311 g/mol. The second-order valence-corrected chi connectivity index (χ2v) is 6.67. The lowest BCUT2D eigenvalue weighted by molar-refractivity contribution is 0.0293. The van der Waals surface area contributed by atoms with Crippen LogP contribution in [0.3, 0.4) is 0 Å². The number of anilines is 2. The lowest BCUT2D eigenvalue weighted by atomic mass is 10.2. The molecule has 1 aliphatic heterocycles. The fraction of sp³-hybridized carbons (Fsp3) is 0.533. The van der Waals surface area contributed by atoms with E-state index in [2.05, 4.69) is 5.32 Å². The van der Waals surface area contributed by atoms with Gasteiger partial charge in [-0.05, 0) is 39.3 Å². The number of nitrogens with zero attached hydrogens (tertiary/aromatic N) is 1. The quantitative estimate of drug-likeness (QED) is 0.822. The third-order valence-electron chi connectivity index (χ3n) is 3.23. The van der Waals surface area contributed by atoms with Gasteiger partial charge >= 0.3 is 6.09 Å². The van der Waals surface area contributed by atoms with Gasteiger partial charge in [-0.2, -0.15) is 0 Å². The van der Waals surface area contributed by atoms with Gasteiger partial charge in [0.1, 0.15) is 5.60 Å². The summed E-state index contributed by atoms with van der Waals surface area (Å²) in [5.41, 5.74) is 6.79. The Balaban J connectivity index is 1.95. The van der Waals surface area contributed by atoms with Gasteiger partial charge in [0, 0.05) is 19.1 Å². The van der Waals surface area contributed by atoms with Crippen molar-refractivity contribution in [2.75, 3.05) is 24.1 Å². The van der Waals surface area contributed by atoms with E-state index < -0.39 is 5.60 Å². The Morgan fingerprint density at radius 2 is 2.19 bits per heavy atom. The van der Waals surface area contributed by atoms with Crippen molar-refractivity contribution in [3.8, 4) is 0 Å². The van der Waals surface area contributed by atoms with Gasteiger partial charge in [0.2, 0.25) is 0 Å². The van der Waals surface area contributed by atoms with E-state index in [4.69, 9.17) is 22.1 Å². The number of hydrogen-bond acceptors (Lipinski definition) is 4. The summed E-state index contributed by atoms with van der Waals surface area (Å²) in [6.07, 6.45) is 0.558. The van der Waals surface area contributed by atoms with Gasteiger partial charge in [0.25, 0.3) is 0 Å². The Bertz CT molecular complexity index is 508. The molecule has 6 heteroatoms. The third kappa shape index (κ3) is 4.17. The number of carbonyl (C=O) groups is 1. The Labute approximate surface area is 130 Å². The van der Waals surface area contributed by atoms with Crippen LogP contribution in [0.2, 0.25) is 5.02 Å². The first-order valence-corrected chi connectivity index (χ1v) is 7.42. The number of hydrogen-bond donors (Lipinski definition) is 2. The summed E-state index contributed by atoms with van der Waals surface area (Å²) in [6.45, 7) is 6.83. The molecule has 2 rings (SSSR count). The van der Waals surface area contributed by atoms with Crippen LogP contribution in [-0.2, 0) is 4.74 Å². The second kappa shape index (κ2) is 6.02. The zero-order valence-electron chi connectivity index (χ0n) is 12.6. The van der Waals surface area contributed by atoms with E-state index in [0.29, 0.717) is 23.8 Å². The Morgan fingerprint density at radius 3 is 2.81 bits per heavy atom. The van der Waals surface area contributed by atoms with Gasteiger partial charge in [-0.3, -0.25) is 0 Å². The molecule has 0 saturated carbocycles. The molecule has 0 unspecified atom stereocenters. The predicted molar refractivity (Wildman–Crippen MR) is 85.7 cm³/mol. The van der Waals surface area contributed by atoms with E-state index in [1.807, 2.05) is 26.8 Å². The fourth-order valence-corrected chi connectivity index (χ4v) is 2.50. The number of nitrogens with two attached hydrogens (primary N) is 1. The average Bonchev–Trinajstić information content (AvgIpc) is 2.80. The second-order valence-electron chi connectivity index (χ2n) is 6.26. The standard InChI is InChI=1S/C15H22ClN3O2/c1-15(2,3)21-14(20)19-8-7-10(9-19)18-13-11(16)5-4-6-12(13)17/h4-6,10,18H,7-9,17H2,1-3H3/t10-/m1/s1. The minimum Gasteiger partial charge on any atom is -0.444 e. The van der Waals surface area contributed by atoms with E-state index in [1.54, 1.807) is 17.0 Å². The maximum absolute atomic E-state index is 12.0. The lowest BCUT2D eigenvalue weighted by Crippen LogP contribution is -2.36. The number of nitrogen functional groups attached to an aromatic ring is 1. The SMILES string of the molecule is CC(C)(C)OC(=O)N1CC[C@@H](Nc2c(N)cccc2Cl)C1. The molecular formula is C15H22ClN3O2. The molecule has 1 atom stereocenters. The number of halogens is 1. The number of likely N-dealkylation sites (tertiary alicyclic amines) is 1. The summed E-state index contributed by atoms with van der Waals surface area (Å²) < 4.78 is 5.38. The first-order chi connectivity index (χ1) is 9.76. The minimum atomic E-state index is -0.476. The van der Waals surface area contributed by atoms with Crippen molar-refractivity contribution in [2.45, 2.75) is 38.8 Å². The number of para-hydroxylation sites is 1. The summed E-state index contributed by atoms with van der Waals surface area (Å²) >= 11 is 6.15. The zero-order chi connectivity index (χ0) is 15.6. The van der Waals surface area contributed by atoms with Crippen LogP contribution in [0.15, 0.2) is 18.2 Å². The topological polar surface area (TPSA) is 67.6 Å². The molecule has 0 bridgehead atoms. The number of amides is 1. The molecular weight excluding hydrogens is 290 g/mol. The molecule has 1 amide bonds. The van der Waals surface area contributed by atoms with Crippen LogP contribution in [0.1, 0.15) is 27.2 Å². The van der Waals surface area contributed by atoms with Gasteiger partial charge in [-0.15, -0.1) is 0 Å². The summed E-state index contributed by atoms with van der Waals surface area (Å²) in [4.78, 5) is 13.7. The van der Waals surface area contributed by atoms with Crippen LogP contribution in [0.5, 0.6) is 0 Å². The van der Waals surface area contributed by atoms with E-state index in [-0.39, 0.29) is 12.1 Å². The summed E-state index contributed by atoms with van der Waals surface area (Å²) in [7, 11) is 0. The summed E-state index contributed by atoms with van der Waals surface area (Å²) in [5, 5.41) is 3.91. The molecule has 1 saturated heterocycles. The molecule has 3 N–H and O–H groups in total. The molecule has 0 aliphatic carbocycles. The maximum atomic E-state index is 12.0. The Morgan fingerprint density at radius 1 is 1.48 bits per heavy atom. The number of ether oxygens (including phenoxy) is 1. The minimum absolute atomic E-state index is 0.125. The lowest BCUT2D eigenvalue weighted by Gasteiger charge is -2.24. The molecule has 116 valence electrons. The van der Waals surface area contributed by atoms with Crippen molar-refractivity contribution in [1.29, 1.82) is 0 Å². The van der Waals surface area contributed by atoms with Crippen LogP contribution in [-0.4, -0.2) is 35.7 Å². The maximum Gasteiger partial charge on any atom is 0.410 e. The van der Waals surface area contributed by atoms with Crippen LogP contribution in [0.4, 0.5) is 16.2 Å².